The Bertz CT molecular complexity index is 3930. The SMILES string of the molecule is CC1(C)[C@@H]2CC[C@]1(C)[C@H](Oc1ccc3c(c1)-c1nc-3nc3[nH]c(nc4nc(nc5[nH]c(n1)c1ccc(O[C@@H]6C[C@H]7CC[C@@]6(C)C7(C)C)cc51)-c1ccc(O[C@@H]5C[C@H]6CC[C@@]5(C)C6(C)C)cc1-4)c1ccc(O[C@@H]4C[C@H]5CC[C@@]4(C)C5(C)C)cc31)C2. The summed E-state index contributed by atoms with van der Waals surface area (Å²) >= 11 is 0. The van der Waals surface area contributed by atoms with Crippen LogP contribution in [0.15, 0.2) is 72.8 Å². The predicted octanol–water partition coefficient (Wildman–Crippen LogP) is 17.2. The molecule has 0 unspecified atom stereocenters. The van der Waals surface area contributed by atoms with E-state index >= 15 is 0 Å². The normalized spacial score (nSPS) is 34.4. The van der Waals surface area contributed by atoms with Crippen molar-refractivity contribution >= 4 is 44.1 Å². The van der Waals surface area contributed by atoms with Crippen LogP contribution in [0.5, 0.6) is 23.0 Å². The second-order valence-corrected chi connectivity index (χ2v) is 31.3. The number of fused-ring (bicyclic) bond motifs is 28. The first-order valence-corrected chi connectivity index (χ1v) is 32.0. The predicted molar refractivity (Wildman–Crippen MR) is 331 cm³/mol. The van der Waals surface area contributed by atoms with Crippen LogP contribution in [-0.4, -0.2) is 64.3 Å². The molecule has 4 aromatic carbocycles. The number of hydrogen-bond donors (Lipinski definition) is 2. The number of nitrogens with one attached hydrogen (secondary N) is 2. The molecule has 2 N–H and O–H groups in total. The van der Waals surface area contributed by atoms with E-state index in [1.54, 1.807) is 0 Å². The van der Waals surface area contributed by atoms with Crippen LogP contribution in [0.1, 0.15) is 160 Å². The van der Waals surface area contributed by atoms with Gasteiger partial charge in [-0.1, -0.05) is 83.1 Å². The first-order valence-electron chi connectivity index (χ1n) is 32.0. The number of hydrogen-bond acceptors (Lipinski definition) is 10. The Morgan fingerprint density at radius 1 is 0.321 bits per heavy atom. The maximum absolute atomic E-state index is 7.12. The van der Waals surface area contributed by atoms with Gasteiger partial charge in [0.15, 0.2) is 23.3 Å². The first kappa shape index (κ1) is 51.8. The number of benzene rings is 4. The molecule has 12 atom stereocenters. The molecule has 84 heavy (non-hydrogen) atoms. The fourth-order valence-corrected chi connectivity index (χ4v) is 19.9. The molecule has 3 aromatic heterocycles. The van der Waals surface area contributed by atoms with Gasteiger partial charge in [0.2, 0.25) is 0 Å². The van der Waals surface area contributed by atoms with Crippen molar-refractivity contribution in [1.29, 1.82) is 0 Å². The highest BCUT2D eigenvalue weighted by Crippen LogP contribution is 2.69. The zero-order chi connectivity index (χ0) is 57.6. The van der Waals surface area contributed by atoms with Gasteiger partial charge in [-0.2, -0.15) is 0 Å². The summed E-state index contributed by atoms with van der Waals surface area (Å²) in [6.45, 7) is 29.3. The standard InChI is InChI=1S/C72H82N8O4/c1-65(2)37-21-25-69(65,9)53(29-37)81-41-13-17-45-49(33-41)61-73-57(45)78-62-51-35-43(83-55-31-39-23-27-71(55,11)67(39,5)6)15-19-47(51)59(75-62)80-64-52-36-44(84-56-32-40-24-28-72(56,12)68(40,7)8)16-20-48(52)60(76-64)79-63-50-34-42(14-18-46(50)58(74-63)77-61)82-54-30-38-22-26-70(54,10)66(38,3)4/h13-20,33-40,53-56H,21-32H2,1-12H3,(H2,73,74,75,76,77,78,79,80)/t37-,38-,39-,40-,53-,54-,55-,56-,69-,70-,71-,72-/m1/s1. The van der Waals surface area contributed by atoms with Crippen LogP contribution in [-0.2, 0) is 0 Å². The van der Waals surface area contributed by atoms with E-state index in [2.05, 4.69) is 166 Å². The molecule has 12 heteroatoms. The highest BCUT2D eigenvalue weighted by molar-refractivity contribution is 6.07. The lowest BCUT2D eigenvalue weighted by Gasteiger charge is -2.38. The molecular formula is C72H82N8O4. The summed E-state index contributed by atoms with van der Waals surface area (Å²) in [5.41, 5.74) is 7.20. The van der Waals surface area contributed by atoms with Gasteiger partial charge in [-0.3, -0.25) is 0 Å². The lowest BCUT2D eigenvalue weighted by molar-refractivity contribution is 0.0301. The Balaban J connectivity index is 0.867. The number of H-pyrrole nitrogens is 2. The molecular weight excluding hydrogens is 1040 g/mol. The lowest BCUT2D eigenvalue weighted by atomic mass is 9.70. The quantitative estimate of drug-likeness (QED) is 0.151. The Morgan fingerprint density at radius 2 is 0.595 bits per heavy atom. The van der Waals surface area contributed by atoms with E-state index in [0.717, 1.165) is 92.5 Å². The van der Waals surface area contributed by atoms with Crippen LogP contribution < -0.4 is 18.9 Å². The van der Waals surface area contributed by atoms with Crippen molar-refractivity contribution in [2.75, 3.05) is 0 Å². The van der Waals surface area contributed by atoms with E-state index in [-0.39, 0.29) is 67.7 Å². The van der Waals surface area contributed by atoms with Crippen LogP contribution in [0.4, 0.5) is 0 Å². The highest BCUT2D eigenvalue weighted by Gasteiger charge is 2.66. The molecule has 8 aliphatic carbocycles. The third-order valence-corrected chi connectivity index (χ3v) is 27.7. The molecule has 7 aromatic rings. The van der Waals surface area contributed by atoms with E-state index in [1.165, 1.54) is 51.4 Å². The third-order valence-electron chi connectivity index (χ3n) is 27.7. The molecule has 5 heterocycles. The van der Waals surface area contributed by atoms with E-state index in [4.69, 9.17) is 48.9 Å². The van der Waals surface area contributed by atoms with Crippen LogP contribution >= 0.6 is 0 Å². The van der Waals surface area contributed by atoms with E-state index < -0.39 is 0 Å². The minimum Gasteiger partial charge on any atom is -0.490 e. The van der Waals surface area contributed by atoms with Gasteiger partial charge in [-0.25, -0.2) is 29.9 Å². The number of aromatic amines is 2. The summed E-state index contributed by atoms with van der Waals surface area (Å²) in [6, 6.07) is 25.6. The Morgan fingerprint density at radius 3 is 0.881 bits per heavy atom. The fourth-order valence-electron chi connectivity index (χ4n) is 19.9. The Hall–Kier alpha value is -6.56. The summed E-state index contributed by atoms with van der Waals surface area (Å²) in [6.07, 6.45) is 14.4. The Kier molecular flexibility index (Phi) is 10.3. The monoisotopic (exact) mass is 1120 g/mol. The van der Waals surface area contributed by atoms with E-state index in [1.807, 2.05) is 0 Å². The summed E-state index contributed by atoms with van der Waals surface area (Å²) in [7, 11) is 0. The third kappa shape index (κ3) is 6.72. The summed E-state index contributed by atoms with van der Waals surface area (Å²) in [5, 5.41) is 3.59. The van der Waals surface area contributed by atoms with Gasteiger partial charge < -0.3 is 28.9 Å². The fraction of sp³-hybridized carbons (Fsp3) is 0.556. The van der Waals surface area contributed by atoms with Gasteiger partial charge in [0.1, 0.15) is 70.0 Å². The van der Waals surface area contributed by atoms with Crippen molar-refractivity contribution in [2.45, 2.75) is 185 Å². The highest BCUT2D eigenvalue weighted by atomic mass is 16.5. The number of ether oxygens (including phenoxy) is 4. The van der Waals surface area contributed by atoms with Gasteiger partial charge in [-0.05, 0) is 195 Å². The zero-order valence-corrected chi connectivity index (χ0v) is 51.3. The smallest absolute Gasteiger partial charge is 0.164 e. The summed E-state index contributed by atoms with van der Waals surface area (Å²) in [4.78, 5) is 40.4. The van der Waals surface area contributed by atoms with Crippen molar-refractivity contribution in [3.63, 3.8) is 0 Å². The zero-order valence-electron chi connectivity index (χ0n) is 51.3. The first-order chi connectivity index (χ1) is 40.0. The lowest BCUT2D eigenvalue weighted by Crippen LogP contribution is -2.38. The molecule has 10 aliphatic rings. The molecule has 0 amide bonds. The van der Waals surface area contributed by atoms with Crippen molar-refractivity contribution < 1.29 is 18.9 Å². The Labute approximate surface area is 493 Å². The van der Waals surface area contributed by atoms with Crippen LogP contribution in [0.2, 0.25) is 0 Å². The molecule has 0 radical (unpaired) electrons. The maximum atomic E-state index is 7.12. The van der Waals surface area contributed by atoms with Crippen LogP contribution in [0.25, 0.3) is 89.7 Å². The van der Waals surface area contributed by atoms with Crippen LogP contribution in [0.3, 0.4) is 0 Å². The largest absolute Gasteiger partial charge is 0.490 e. The number of aromatic nitrogens is 8. The van der Waals surface area contributed by atoms with Crippen molar-refractivity contribution in [2.24, 2.45) is 67.0 Å². The molecule has 0 saturated heterocycles. The maximum Gasteiger partial charge on any atom is 0.164 e. The van der Waals surface area contributed by atoms with E-state index in [0.29, 0.717) is 69.6 Å². The van der Waals surface area contributed by atoms with Crippen molar-refractivity contribution in [1.82, 2.24) is 39.9 Å². The van der Waals surface area contributed by atoms with Gasteiger partial charge in [0.25, 0.3) is 0 Å². The minimum atomic E-state index is 0.0835. The van der Waals surface area contributed by atoms with Gasteiger partial charge in [-0.15, -0.1) is 0 Å². The molecule has 8 saturated carbocycles. The van der Waals surface area contributed by atoms with Gasteiger partial charge in [0, 0.05) is 65.5 Å². The summed E-state index contributed by atoms with van der Waals surface area (Å²) < 4.78 is 28.5. The van der Waals surface area contributed by atoms with Gasteiger partial charge >= 0.3 is 0 Å². The number of rotatable bonds is 8. The summed E-state index contributed by atoms with van der Waals surface area (Å²) in [5.74, 6) is 8.08. The van der Waals surface area contributed by atoms with Crippen molar-refractivity contribution in [3.05, 3.63) is 72.8 Å². The molecule has 17 rings (SSSR count). The number of nitrogens with zero attached hydrogens (tertiary/aromatic N) is 6. The van der Waals surface area contributed by atoms with Crippen molar-refractivity contribution in [3.8, 4) is 68.5 Å². The minimum absolute atomic E-state index is 0.0835. The second kappa shape index (κ2) is 16.7. The molecule has 434 valence electrons. The molecule has 16 bridgehead atoms. The molecule has 0 spiro atoms. The van der Waals surface area contributed by atoms with E-state index in [9.17, 15) is 0 Å². The second-order valence-electron chi connectivity index (χ2n) is 31.3. The van der Waals surface area contributed by atoms with Gasteiger partial charge in [0.05, 0.1) is 0 Å². The topological polar surface area (TPSA) is 146 Å². The molecule has 8 fully saturated rings. The van der Waals surface area contributed by atoms with Crippen LogP contribution in [0, 0.1) is 67.0 Å². The average molecular weight is 1120 g/mol. The molecule has 12 nitrogen and oxygen atoms in total. The molecule has 2 aliphatic heterocycles. The average Bonchev–Trinajstić information content (AvgIpc) is 4.28.